The van der Waals surface area contributed by atoms with E-state index >= 15 is 0 Å². The molecule has 0 heterocycles. The fraction of sp³-hybridized carbons (Fsp3) is 0.440. The zero-order valence-electron chi connectivity index (χ0n) is 18.8. The van der Waals surface area contributed by atoms with Crippen molar-refractivity contribution < 1.29 is 14.3 Å². The molecule has 32 heavy (non-hydrogen) atoms. The van der Waals surface area contributed by atoms with Gasteiger partial charge in [-0.3, -0.25) is 9.59 Å². The van der Waals surface area contributed by atoms with Crippen LogP contribution in [0.4, 0.5) is 0 Å². The predicted octanol–water partition coefficient (Wildman–Crippen LogP) is 5.47. The molecule has 0 saturated heterocycles. The first-order valence-electron chi connectivity index (χ1n) is 11.0. The summed E-state index contributed by atoms with van der Waals surface area (Å²) < 4.78 is 5.83. The van der Waals surface area contributed by atoms with Gasteiger partial charge in [-0.15, -0.1) is 0 Å². The van der Waals surface area contributed by atoms with Crippen LogP contribution in [-0.4, -0.2) is 35.4 Å². The smallest absolute Gasteiger partial charge is 0.261 e. The number of hydrogen-bond acceptors (Lipinski definition) is 3. The van der Waals surface area contributed by atoms with Crippen LogP contribution < -0.4 is 10.1 Å². The van der Waals surface area contributed by atoms with Gasteiger partial charge in [0.05, 0.1) is 10.0 Å². The highest BCUT2D eigenvalue weighted by Crippen LogP contribution is 2.25. The number of carbonyl (C=O) groups excluding carboxylic acids is 2. The number of carbonyl (C=O) groups is 2. The molecule has 0 spiro atoms. The van der Waals surface area contributed by atoms with E-state index in [0.717, 1.165) is 42.4 Å². The molecule has 2 aromatic carbocycles. The lowest BCUT2D eigenvalue weighted by atomic mass is 10.1. The minimum absolute atomic E-state index is 0.156. The number of halogens is 2. The summed E-state index contributed by atoms with van der Waals surface area (Å²) in [6.45, 7) is 5.77. The molecule has 7 heteroatoms. The summed E-state index contributed by atoms with van der Waals surface area (Å²) in [6, 6.07) is 10.5. The van der Waals surface area contributed by atoms with Crippen molar-refractivity contribution in [2.24, 2.45) is 0 Å². The van der Waals surface area contributed by atoms with Crippen molar-refractivity contribution in [2.75, 3.05) is 6.61 Å². The molecule has 1 saturated carbocycles. The van der Waals surface area contributed by atoms with Crippen molar-refractivity contribution in [1.29, 1.82) is 0 Å². The predicted molar refractivity (Wildman–Crippen MR) is 128 cm³/mol. The van der Waals surface area contributed by atoms with Crippen molar-refractivity contribution in [1.82, 2.24) is 10.2 Å². The molecule has 3 rings (SSSR count). The van der Waals surface area contributed by atoms with Gasteiger partial charge in [-0.05, 0) is 68.5 Å². The topological polar surface area (TPSA) is 58.6 Å². The summed E-state index contributed by atoms with van der Waals surface area (Å²) in [4.78, 5) is 27.7. The summed E-state index contributed by atoms with van der Waals surface area (Å²) in [7, 11) is 0. The van der Waals surface area contributed by atoms with Crippen molar-refractivity contribution in [3.63, 3.8) is 0 Å². The molecule has 5 nitrogen and oxygen atoms in total. The zero-order chi connectivity index (χ0) is 23.3. The van der Waals surface area contributed by atoms with Gasteiger partial charge in [0, 0.05) is 12.6 Å². The molecule has 1 N–H and O–H groups in total. The monoisotopic (exact) mass is 476 g/mol. The Labute approximate surface area is 200 Å². The maximum Gasteiger partial charge on any atom is 0.261 e. The van der Waals surface area contributed by atoms with Crippen molar-refractivity contribution in [3.05, 3.63) is 63.1 Å². The Bertz CT molecular complexity index is 974. The van der Waals surface area contributed by atoms with Crippen LogP contribution >= 0.6 is 23.2 Å². The molecule has 0 radical (unpaired) electrons. The van der Waals surface area contributed by atoms with Gasteiger partial charge in [0.15, 0.2) is 6.61 Å². The van der Waals surface area contributed by atoms with Crippen LogP contribution in [0, 0.1) is 13.8 Å². The Morgan fingerprint density at radius 3 is 2.53 bits per heavy atom. The number of nitrogens with one attached hydrogen (secondary N) is 1. The number of benzene rings is 2. The molecule has 0 aliphatic heterocycles. The van der Waals surface area contributed by atoms with Crippen LogP contribution in [0.25, 0.3) is 0 Å². The Hall–Kier alpha value is -2.24. The van der Waals surface area contributed by atoms with Crippen molar-refractivity contribution >= 4 is 35.0 Å². The second kappa shape index (κ2) is 11.1. The quantitative estimate of drug-likeness (QED) is 0.549. The van der Waals surface area contributed by atoms with Gasteiger partial charge in [-0.2, -0.15) is 0 Å². The van der Waals surface area contributed by atoms with Gasteiger partial charge in [-0.1, -0.05) is 54.2 Å². The molecule has 2 aromatic rings. The molecule has 0 bridgehead atoms. The van der Waals surface area contributed by atoms with E-state index in [-0.39, 0.29) is 31.0 Å². The third kappa shape index (κ3) is 6.17. The lowest BCUT2D eigenvalue weighted by Gasteiger charge is -2.30. The third-order valence-corrected chi connectivity index (χ3v) is 6.85. The van der Waals surface area contributed by atoms with Gasteiger partial charge in [0.1, 0.15) is 11.8 Å². The Morgan fingerprint density at radius 2 is 1.84 bits per heavy atom. The summed E-state index contributed by atoms with van der Waals surface area (Å²) in [5.41, 5.74) is 2.87. The average Bonchev–Trinajstić information content (AvgIpc) is 3.27. The van der Waals surface area contributed by atoms with Crippen LogP contribution in [0.5, 0.6) is 5.75 Å². The van der Waals surface area contributed by atoms with E-state index in [0.29, 0.717) is 15.8 Å². The molecule has 1 atom stereocenters. The van der Waals surface area contributed by atoms with Gasteiger partial charge in [-0.25, -0.2) is 0 Å². The number of aryl methyl sites for hydroxylation is 1. The fourth-order valence-corrected chi connectivity index (χ4v) is 4.23. The molecule has 0 aromatic heterocycles. The summed E-state index contributed by atoms with van der Waals surface area (Å²) in [6.07, 6.45) is 4.20. The van der Waals surface area contributed by atoms with Crippen LogP contribution in [0.2, 0.25) is 10.0 Å². The van der Waals surface area contributed by atoms with E-state index < -0.39 is 6.04 Å². The number of nitrogens with zero attached hydrogens (tertiary/aromatic N) is 1. The van der Waals surface area contributed by atoms with Crippen molar-refractivity contribution in [3.8, 4) is 5.75 Å². The molecule has 172 valence electrons. The van der Waals surface area contributed by atoms with E-state index in [4.69, 9.17) is 27.9 Å². The third-order valence-electron chi connectivity index (χ3n) is 6.11. The molecule has 0 unspecified atom stereocenters. The Balaban J connectivity index is 1.76. The number of ether oxygens (including phenoxy) is 1. The standard InChI is InChI=1S/C25H30Cl2N2O3/c1-16-7-6-10-23(17(16)2)32-15-24(30)29(14-19-11-12-21(26)22(27)13-19)18(3)25(31)28-20-8-4-5-9-20/h6-7,10-13,18,20H,4-5,8-9,14-15H2,1-3H3,(H,28,31)/t18-/m1/s1. The first kappa shape index (κ1) is 24.4. The van der Waals surface area contributed by atoms with E-state index in [2.05, 4.69) is 5.32 Å². The molecular weight excluding hydrogens is 447 g/mol. The van der Waals surface area contributed by atoms with Crippen LogP contribution in [0.3, 0.4) is 0 Å². The van der Waals surface area contributed by atoms with Gasteiger partial charge < -0.3 is 15.0 Å². The van der Waals surface area contributed by atoms with E-state index in [1.54, 1.807) is 19.1 Å². The largest absolute Gasteiger partial charge is 0.483 e. The second-order valence-corrected chi connectivity index (χ2v) is 9.24. The van der Waals surface area contributed by atoms with Gasteiger partial charge in [0.2, 0.25) is 5.91 Å². The van der Waals surface area contributed by atoms with E-state index in [1.165, 1.54) is 4.90 Å². The molecule has 2 amide bonds. The van der Waals surface area contributed by atoms with Crippen LogP contribution in [0.1, 0.15) is 49.3 Å². The summed E-state index contributed by atoms with van der Waals surface area (Å²) >= 11 is 12.2. The minimum Gasteiger partial charge on any atom is -0.483 e. The lowest BCUT2D eigenvalue weighted by Crippen LogP contribution is -2.50. The number of rotatable bonds is 8. The molecular formula is C25H30Cl2N2O3. The molecule has 1 aliphatic rings. The minimum atomic E-state index is -0.653. The average molecular weight is 477 g/mol. The Kier molecular flexibility index (Phi) is 8.44. The molecule has 1 aliphatic carbocycles. The lowest BCUT2D eigenvalue weighted by molar-refractivity contribution is -0.142. The van der Waals surface area contributed by atoms with Crippen LogP contribution in [0.15, 0.2) is 36.4 Å². The highest BCUT2D eigenvalue weighted by molar-refractivity contribution is 6.42. The normalized spacial score (nSPS) is 14.8. The van der Waals surface area contributed by atoms with Crippen LogP contribution in [-0.2, 0) is 16.1 Å². The zero-order valence-corrected chi connectivity index (χ0v) is 20.3. The van der Waals surface area contributed by atoms with Gasteiger partial charge >= 0.3 is 0 Å². The van der Waals surface area contributed by atoms with Gasteiger partial charge in [0.25, 0.3) is 5.91 Å². The van der Waals surface area contributed by atoms with Crippen molar-refractivity contribution in [2.45, 2.75) is 65.1 Å². The summed E-state index contributed by atoms with van der Waals surface area (Å²) in [5.74, 6) is 0.235. The highest BCUT2D eigenvalue weighted by atomic mass is 35.5. The first-order valence-corrected chi connectivity index (χ1v) is 11.7. The fourth-order valence-electron chi connectivity index (χ4n) is 3.91. The first-order chi connectivity index (χ1) is 15.3. The number of amides is 2. The maximum atomic E-state index is 13.2. The van der Waals surface area contributed by atoms with E-state index in [1.807, 2.05) is 38.1 Å². The molecule has 1 fully saturated rings. The number of hydrogen-bond donors (Lipinski definition) is 1. The summed E-state index contributed by atoms with van der Waals surface area (Å²) in [5, 5.41) is 3.94. The Morgan fingerprint density at radius 1 is 1.12 bits per heavy atom. The maximum absolute atomic E-state index is 13.2. The second-order valence-electron chi connectivity index (χ2n) is 8.42. The van der Waals surface area contributed by atoms with E-state index in [9.17, 15) is 9.59 Å². The SMILES string of the molecule is Cc1cccc(OCC(=O)N(Cc2ccc(Cl)c(Cl)c2)[C@H](C)C(=O)NC2CCCC2)c1C. The highest BCUT2D eigenvalue weighted by Gasteiger charge is 2.29.